The molecule has 0 aromatic heterocycles. The summed E-state index contributed by atoms with van der Waals surface area (Å²) in [7, 11) is 0. The van der Waals surface area contributed by atoms with Gasteiger partial charge in [0.05, 0.1) is 17.4 Å². The number of hydrogen-bond acceptors (Lipinski definition) is 5. The monoisotopic (exact) mass is 545 g/mol. The maximum Gasteiger partial charge on any atom is 0.333 e. The summed E-state index contributed by atoms with van der Waals surface area (Å²) in [5, 5.41) is 0. The van der Waals surface area contributed by atoms with Crippen LogP contribution in [0.25, 0.3) is 0 Å². The van der Waals surface area contributed by atoms with Crippen LogP contribution in [0.3, 0.4) is 0 Å². The number of anilines is 2. The van der Waals surface area contributed by atoms with Crippen LogP contribution in [0.4, 0.5) is 21.0 Å². The van der Waals surface area contributed by atoms with Gasteiger partial charge in [-0.1, -0.05) is 87.9 Å². The molecular weight excluding hydrogens is 506 g/mol. The lowest BCUT2D eigenvalue weighted by molar-refractivity contribution is -0.145. The average molecular weight is 546 g/mol. The lowest BCUT2D eigenvalue weighted by Gasteiger charge is -2.43. The SMILES string of the molecule is CC1(C(C=O)N2C(=O)N(CC(=O)OCc3ccccc3)C(=O)N(C3CCCCC3)c3ccccc32)CCCCC1. The third-order valence-electron chi connectivity index (χ3n) is 8.86. The summed E-state index contributed by atoms with van der Waals surface area (Å²) in [5.74, 6) is -0.674. The second-order valence-electron chi connectivity index (χ2n) is 11.6. The van der Waals surface area contributed by atoms with Crippen molar-refractivity contribution in [2.24, 2.45) is 5.41 Å². The number of carbonyl (C=O) groups is 4. The van der Waals surface area contributed by atoms with E-state index in [0.717, 1.165) is 81.0 Å². The van der Waals surface area contributed by atoms with Crippen LogP contribution in [0.15, 0.2) is 54.6 Å². The third-order valence-corrected chi connectivity index (χ3v) is 8.86. The molecule has 1 heterocycles. The van der Waals surface area contributed by atoms with Crippen LogP contribution in [-0.4, -0.2) is 47.8 Å². The van der Waals surface area contributed by atoms with Gasteiger partial charge in [-0.25, -0.2) is 14.5 Å². The molecule has 212 valence electrons. The number of aldehydes is 1. The molecule has 0 saturated heterocycles. The van der Waals surface area contributed by atoms with Gasteiger partial charge in [0, 0.05) is 6.04 Å². The van der Waals surface area contributed by atoms with Crippen molar-refractivity contribution in [2.75, 3.05) is 16.3 Å². The molecule has 2 aromatic rings. The fourth-order valence-electron chi connectivity index (χ4n) is 6.62. The van der Waals surface area contributed by atoms with Gasteiger partial charge in [0.2, 0.25) is 0 Å². The zero-order valence-electron chi connectivity index (χ0n) is 23.3. The third kappa shape index (κ3) is 5.62. The number of carbonyl (C=O) groups excluding carboxylic acids is 4. The van der Waals surface area contributed by atoms with Crippen LogP contribution < -0.4 is 9.80 Å². The Morgan fingerprint density at radius 2 is 1.52 bits per heavy atom. The topological polar surface area (TPSA) is 87.2 Å². The van der Waals surface area contributed by atoms with Crippen molar-refractivity contribution in [3.05, 3.63) is 60.2 Å². The molecule has 8 heteroatoms. The van der Waals surface area contributed by atoms with Gasteiger partial charge in [0.1, 0.15) is 19.4 Å². The van der Waals surface area contributed by atoms with E-state index in [2.05, 4.69) is 6.92 Å². The maximum absolute atomic E-state index is 14.4. The second-order valence-corrected chi connectivity index (χ2v) is 11.6. The van der Waals surface area contributed by atoms with E-state index in [9.17, 15) is 19.2 Å². The van der Waals surface area contributed by atoms with Gasteiger partial charge in [-0.2, -0.15) is 0 Å². The van der Waals surface area contributed by atoms with Crippen LogP contribution in [0.5, 0.6) is 0 Å². The summed E-state index contributed by atoms with van der Waals surface area (Å²) in [6, 6.07) is 14.6. The Morgan fingerprint density at radius 1 is 0.900 bits per heavy atom. The fraction of sp³-hybridized carbons (Fsp3) is 0.500. The Labute approximate surface area is 236 Å². The molecule has 1 unspecified atom stereocenters. The van der Waals surface area contributed by atoms with Crippen LogP contribution in [-0.2, 0) is 20.9 Å². The van der Waals surface area contributed by atoms with E-state index in [0.29, 0.717) is 11.4 Å². The van der Waals surface area contributed by atoms with E-state index in [4.69, 9.17) is 4.74 Å². The zero-order valence-corrected chi connectivity index (χ0v) is 23.3. The molecule has 5 rings (SSSR count). The highest BCUT2D eigenvalue weighted by molar-refractivity contribution is 6.15. The predicted molar refractivity (Wildman–Crippen MR) is 153 cm³/mol. The molecule has 0 spiro atoms. The summed E-state index contributed by atoms with van der Waals surface area (Å²) in [6.45, 7) is 1.58. The van der Waals surface area contributed by atoms with Gasteiger partial charge in [-0.3, -0.25) is 14.6 Å². The van der Waals surface area contributed by atoms with E-state index >= 15 is 0 Å². The minimum Gasteiger partial charge on any atom is -0.459 e. The lowest BCUT2D eigenvalue weighted by atomic mass is 9.70. The lowest BCUT2D eigenvalue weighted by Crippen LogP contribution is -2.58. The smallest absolute Gasteiger partial charge is 0.333 e. The van der Waals surface area contributed by atoms with Crippen molar-refractivity contribution in [3.8, 4) is 0 Å². The highest BCUT2D eigenvalue weighted by atomic mass is 16.5. The van der Waals surface area contributed by atoms with Crippen molar-refractivity contribution in [3.63, 3.8) is 0 Å². The summed E-state index contributed by atoms with van der Waals surface area (Å²) >= 11 is 0. The van der Waals surface area contributed by atoms with E-state index in [-0.39, 0.29) is 12.6 Å². The Hall–Kier alpha value is -3.68. The van der Waals surface area contributed by atoms with Gasteiger partial charge >= 0.3 is 18.0 Å². The first-order chi connectivity index (χ1) is 19.4. The number of fused-ring (bicyclic) bond motifs is 1. The van der Waals surface area contributed by atoms with Gasteiger partial charge in [-0.15, -0.1) is 0 Å². The Bertz CT molecular complexity index is 1220. The van der Waals surface area contributed by atoms with Crippen molar-refractivity contribution >= 4 is 35.7 Å². The van der Waals surface area contributed by atoms with Gasteiger partial charge in [0.25, 0.3) is 0 Å². The molecule has 4 amide bonds. The average Bonchev–Trinajstić information content (AvgIpc) is 3.07. The molecule has 2 aromatic carbocycles. The number of amides is 4. The Morgan fingerprint density at radius 3 is 2.20 bits per heavy atom. The molecule has 2 saturated carbocycles. The number of benzene rings is 2. The predicted octanol–water partition coefficient (Wildman–Crippen LogP) is 6.47. The quantitative estimate of drug-likeness (QED) is 0.280. The molecule has 0 radical (unpaired) electrons. The first-order valence-electron chi connectivity index (χ1n) is 14.6. The number of hydrogen-bond donors (Lipinski definition) is 0. The molecule has 0 N–H and O–H groups in total. The van der Waals surface area contributed by atoms with E-state index in [1.54, 1.807) is 4.90 Å². The molecule has 8 nitrogen and oxygen atoms in total. The van der Waals surface area contributed by atoms with Crippen LogP contribution in [0.2, 0.25) is 0 Å². The van der Waals surface area contributed by atoms with E-state index < -0.39 is 36.0 Å². The highest BCUT2D eigenvalue weighted by Crippen LogP contribution is 2.45. The number of imide groups is 1. The zero-order chi connectivity index (χ0) is 28.1. The Balaban J connectivity index is 1.53. The number of rotatable bonds is 8. The molecule has 2 fully saturated rings. The molecule has 0 bridgehead atoms. The second kappa shape index (κ2) is 12.2. The Kier molecular flexibility index (Phi) is 8.52. The first kappa shape index (κ1) is 27.9. The standard InChI is InChI=1S/C32H39N3O5/c1-32(19-11-4-12-20-32)28(22-36)35-27-18-10-9-17-26(27)34(25-15-7-3-8-16-25)30(38)33(31(35)39)21-29(37)40-23-24-13-5-2-6-14-24/h2,5-6,9-10,13-14,17-18,22,25,28H,3-4,7-8,11-12,15-16,19-21,23H2,1H3. The van der Waals surface area contributed by atoms with Gasteiger partial charge in [0.15, 0.2) is 0 Å². The van der Waals surface area contributed by atoms with Crippen molar-refractivity contribution < 1.29 is 23.9 Å². The molecule has 40 heavy (non-hydrogen) atoms. The highest BCUT2D eigenvalue weighted by Gasteiger charge is 2.48. The molecule has 1 aliphatic heterocycles. The van der Waals surface area contributed by atoms with Crippen molar-refractivity contribution in [1.82, 2.24) is 4.90 Å². The van der Waals surface area contributed by atoms with Crippen LogP contribution >= 0.6 is 0 Å². The fourth-order valence-corrected chi connectivity index (χ4v) is 6.62. The van der Waals surface area contributed by atoms with E-state index in [1.165, 1.54) is 4.90 Å². The number of urea groups is 2. The summed E-state index contributed by atoms with van der Waals surface area (Å²) in [4.78, 5) is 58.7. The van der Waals surface area contributed by atoms with Crippen LogP contribution in [0, 0.1) is 5.41 Å². The summed E-state index contributed by atoms with van der Waals surface area (Å²) < 4.78 is 5.49. The van der Waals surface area contributed by atoms with Gasteiger partial charge in [-0.05, 0) is 48.8 Å². The van der Waals surface area contributed by atoms with E-state index in [1.807, 2.05) is 54.6 Å². The summed E-state index contributed by atoms with van der Waals surface area (Å²) in [6.07, 6.45) is 10.2. The normalized spacial score (nSPS) is 20.5. The first-order valence-corrected chi connectivity index (χ1v) is 14.6. The number of esters is 1. The largest absolute Gasteiger partial charge is 0.459 e. The minimum atomic E-state index is -0.775. The summed E-state index contributed by atoms with van der Waals surface area (Å²) in [5.41, 5.74) is 1.52. The number of nitrogens with zero attached hydrogens (tertiary/aromatic N) is 3. The number of ether oxygens (including phenoxy) is 1. The van der Waals surface area contributed by atoms with Crippen molar-refractivity contribution in [2.45, 2.75) is 89.8 Å². The molecule has 3 aliphatic rings. The van der Waals surface area contributed by atoms with Crippen LogP contribution in [0.1, 0.15) is 76.7 Å². The van der Waals surface area contributed by atoms with Crippen molar-refractivity contribution in [1.29, 1.82) is 0 Å². The molecular formula is C32H39N3O5. The maximum atomic E-state index is 14.4. The van der Waals surface area contributed by atoms with Gasteiger partial charge < -0.3 is 9.53 Å². The molecule has 2 aliphatic carbocycles. The molecule has 1 atom stereocenters. The minimum absolute atomic E-state index is 0.0429. The number of para-hydroxylation sites is 2.